The summed E-state index contributed by atoms with van der Waals surface area (Å²) < 4.78 is 21.1. The van der Waals surface area contributed by atoms with Crippen molar-refractivity contribution in [3.8, 4) is 5.75 Å². The van der Waals surface area contributed by atoms with Gasteiger partial charge in [-0.25, -0.2) is 9.37 Å². The predicted octanol–water partition coefficient (Wildman–Crippen LogP) is 2.29. The van der Waals surface area contributed by atoms with Gasteiger partial charge < -0.3 is 10.1 Å². The van der Waals surface area contributed by atoms with E-state index in [1.54, 1.807) is 13.1 Å². The van der Waals surface area contributed by atoms with Crippen molar-refractivity contribution < 1.29 is 18.7 Å². The van der Waals surface area contributed by atoms with E-state index in [1.807, 2.05) is 30.3 Å². The molecule has 2 N–H and O–H groups in total. The third-order valence-electron chi connectivity index (χ3n) is 4.96. The number of anilines is 1. The zero-order chi connectivity index (χ0) is 21.3. The SMILES string of the molecule is CNC(=O)c1cc(C(=O)Nc2ncn(C)n2)cc2c1O[C@H](CF)[C@H]2c1ccccc1. The van der Waals surface area contributed by atoms with Crippen LogP contribution in [0.5, 0.6) is 5.75 Å². The van der Waals surface area contributed by atoms with Crippen molar-refractivity contribution in [1.82, 2.24) is 20.1 Å². The van der Waals surface area contributed by atoms with Gasteiger partial charge in [-0.15, -0.1) is 5.10 Å². The van der Waals surface area contributed by atoms with Gasteiger partial charge in [-0.2, -0.15) is 0 Å². The molecule has 154 valence electrons. The van der Waals surface area contributed by atoms with Crippen molar-refractivity contribution in [3.63, 3.8) is 0 Å². The smallest absolute Gasteiger partial charge is 0.258 e. The molecule has 1 aliphatic heterocycles. The van der Waals surface area contributed by atoms with Crippen LogP contribution in [0.1, 0.15) is 37.8 Å². The summed E-state index contributed by atoms with van der Waals surface area (Å²) in [4.78, 5) is 29.3. The third kappa shape index (κ3) is 3.49. The average Bonchev–Trinajstić information content (AvgIpc) is 3.35. The quantitative estimate of drug-likeness (QED) is 0.674. The molecule has 2 atom stereocenters. The van der Waals surface area contributed by atoms with Crippen molar-refractivity contribution in [1.29, 1.82) is 0 Å². The first-order valence-corrected chi connectivity index (χ1v) is 9.36. The number of carbonyl (C=O) groups excluding carboxylic acids is 2. The fourth-order valence-corrected chi connectivity index (χ4v) is 3.61. The van der Waals surface area contributed by atoms with E-state index in [9.17, 15) is 14.0 Å². The molecule has 0 saturated heterocycles. The number of hydrogen-bond acceptors (Lipinski definition) is 5. The molecule has 0 bridgehead atoms. The van der Waals surface area contributed by atoms with E-state index in [4.69, 9.17) is 4.74 Å². The van der Waals surface area contributed by atoms with E-state index in [0.29, 0.717) is 11.3 Å². The monoisotopic (exact) mass is 409 g/mol. The molecule has 2 aromatic carbocycles. The molecule has 0 aliphatic carbocycles. The Bertz CT molecular complexity index is 1100. The minimum absolute atomic E-state index is 0.141. The van der Waals surface area contributed by atoms with Crippen LogP contribution < -0.4 is 15.4 Å². The number of fused-ring (bicyclic) bond motifs is 1. The second-order valence-electron chi connectivity index (χ2n) is 6.92. The van der Waals surface area contributed by atoms with Crippen molar-refractivity contribution >= 4 is 17.8 Å². The van der Waals surface area contributed by atoms with Crippen molar-refractivity contribution in [2.45, 2.75) is 12.0 Å². The third-order valence-corrected chi connectivity index (χ3v) is 4.96. The van der Waals surface area contributed by atoms with Gasteiger partial charge in [0.2, 0.25) is 5.95 Å². The van der Waals surface area contributed by atoms with Crippen LogP contribution in [0, 0.1) is 0 Å². The van der Waals surface area contributed by atoms with Gasteiger partial charge in [0, 0.05) is 25.2 Å². The maximum Gasteiger partial charge on any atom is 0.258 e. The molecule has 2 heterocycles. The normalized spacial score (nSPS) is 17.2. The lowest BCUT2D eigenvalue weighted by Crippen LogP contribution is -2.22. The molecular formula is C21H20FN5O3. The molecule has 0 fully saturated rings. The van der Waals surface area contributed by atoms with Crippen LogP contribution in [0.25, 0.3) is 0 Å². The second kappa shape index (κ2) is 7.94. The van der Waals surface area contributed by atoms with Gasteiger partial charge in [0.1, 0.15) is 24.9 Å². The molecule has 2 amide bonds. The van der Waals surface area contributed by atoms with Crippen LogP contribution >= 0.6 is 0 Å². The highest BCUT2D eigenvalue weighted by molar-refractivity contribution is 6.06. The van der Waals surface area contributed by atoms with Gasteiger partial charge in [0.05, 0.1) is 11.5 Å². The topological polar surface area (TPSA) is 98.1 Å². The van der Waals surface area contributed by atoms with E-state index in [1.165, 1.54) is 24.1 Å². The molecule has 0 spiro atoms. The number of carbonyl (C=O) groups is 2. The molecule has 30 heavy (non-hydrogen) atoms. The number of aryl methyl sites for hydroxylation is 1. The molecule has 8 nitrogen and oxygen atoms in total. The summed E-state index contributed by atoms with van der Waals surface area (Å²) in [5.74, 6) is -0.927. The Morgan fingerprint density at radius 1 is 1.20 bits per heavy atom. The van der Waals surface area contributed by atoms with Gasteiger partial charge in [-0.05, 0) is 17.7 Å². The maximum atomic E-state index is 13.8. The van der Waals surface area contributed by atoms with Crippen molar-refractivity contribution in [3.05, 3.63) is 71.0 Å². The molecular weight excluding hydrogens is 389 g/mol. The van der Waals surface area contributed by atoms with E-state index < -0.39 is 30.5 Å². The molecule has 0 saturated carbocycles. The number of nitrogens with one attached hydrogen (secondary N) is 2. The lowest BCUT2D eigenvalue weighted by Gasteiger charge is -2.16. The Kier molecular flexibility index (Phi) is 5.18. The first-order chi connectivity index (χ1) is 14.5. The molecule has 3 aromatic rings. The van der Waals surface area contributed by atoms with Gasteiger partial charge >= 0.3 is 0 Å². The van der Waals surface area contributed by atoms with Crippen LogP contribution in [0.2, 0.25) is 0 Å². The average molecular weight is 409 g/mol. The molecule has 1 aliphatic rings. The Labute approximate surface area is 172 Å². The molecule has 0 radical (unpaired) electrons. The van der Waals surface area contributed by atoms with Gasteiger partial charge in [0.15, 0.2) is 0 Å². The number of alkyl halides is 1. The number of hydrogen-bond donors (Lipinski definition) is 2. The zero-order valence-corrected chi connectivity index (χ0v) is 16.4. The number of ether oxygens (including phenoxy) is 1. The van der Waals surface area contributed by atoms with Crippen LogP contribution in [0.4, 0.5) is 10.3 Å². The summed E-state index contributed by atoms with van der Waals surface area (Å²) in [6.45, 7) is -0.735. The largest absolute Gasteiger partial charge is 0.486 e. The molecule has 1 aromatic heterocycles. The predicted molar refractivity (Wildman–Crippen MR) is 107 cm³/mol. The Hall–Kier alpha value is -3.75. The van der Waals surface area contributed by atoms with Crippen LogP contribution in [0.15, 0.2) is 48.8 Å². The maximum absolute atomic E-state index is 13.8. The number of aromatic nitrogens is 3. The molecule has 9 heteroatoms. The van der Waals surface area contributed by atoms with Crippen molar-refractivity contribution in [2.24, 2.45) is 7.05 Å². The highest BCUT2D eigenvalue weighted by Crippen LogP contribution is 2.45. The van der Waals surface area contributed by atoms with E-state index in [0.717, 1.165) is 5.56 Å². The lowest BCUT2D eigenvalue weighted by molar-refractivity contribution is 0.0955. The standard InChI is InChI=1S/C21H20FN5O3/c1-23-20(29)15-9-13(19(28)25-21-24-11-27(2)26-21)8-14-17(12-6-4-3-5-7-12)16(10-22)30-18(14)15/h3-9,11,16-17H,10H2,1-2H3,(H,23,29)(H,25,26,28)/t16-,17+/m1/s1. The van der Waals surface area contributed by atoms with E-state index in [-0.39, 0.29) is 17.1 Å². The van der Waals surface area contributed by atoms with Crippen LogP contribution in [-0.2, 0) is 7.05 Å². The molecule has 4 rings (SSSR count). The second-order valence-corrected chi connectivity index (χ2v) is 6.92. The Morgan fingerprint density at radius 2 is 1.97 bits per heavy atom. The van der Waals surface area contributed by atoms with Gasteiger partial charge in [0.25, 0.3) is 11.8 Å². The van der Waals surface area contributed by atoms with Gasteiger partial charge in [-0.1, -0.05) is 30.3 Å². The Balaban J connectivity index is 1.81. The number of rotatable bonds is 5. The number of amides is 2. The zero-order valence-electron chi connectivity index (χ0n) is 16.4. The van der Waals surface area contributed by atoms with Gasteiger partial charge in [-0.3, -0.25) is 19.6 Å². The lowest BCUT2D eigenvalue weighted by atomic mass is 9.86. The van der Waals surface area contributed by atoms with Crippen molar-refractivity contribution in [2.75, 3.05) is 19.0 Å². The first-order valence-electron chi connectivity index (χ1n) is 9.36. The number of nitrogens with zero attached hydrogens (tertiary/aromatic N) is 3. The summed E-state index contributed by atoms with van der Waals surface area (Å²) in [6.07, 6.45) is 0.668. The first kappa shape index (κ1) is 19.6. The summed E-state index contributed by atoms with van der Waals surface area (Å²) in [5.41, 5.74) is 1.82. The summed E-state index contributed by atoms with van der Waals surface area (Å²) >= 11 is 0. The summed E-state index contributed by atoms with van der Waals surface area (Å²) in [5, 5.41) is 9.18. The fraction of sp³-hybridized carbons (Fsp3) is 0.238. The number of benzene rings is 2. The van der Waals surface area contributed by atoms with E-state index in [2.05, 4.69) is 20.7 Å². The highest BCUT2D eigenvalue weighted by Gasteiger charge is 2.39. The Morgan fingerprint density at radius 3 is 2.60 bits per heavy atom. The van der Waals surface area contributed by atoms with Crippen LogP contribution in [-0.4, -0.2) is 46.4 Å². The highest BCUT2D eigenvalue weighted by atomic mass is 19.1. The number of halogens is 1. The fourth-order valence-electron chi connectivity index (χ4n) is 3.61. The minimum atomic E-state index is -0.790. The molecule has 0 unspecified atom stereocenters. The minimum Gasteiger partial charge on any atom is -0.486 e. The summed E-state index contributed by atoms with van der Waals surface area (Å²) in [7, 11) is 3.16. The summed E-state index contributed by atoms with van der Waals surface area (Å²) in [6, 6.07) is 12.4. The van der Waals surface area contributed by atoms with Crippen LogP contribution in [0.3, 0.4) is 0 Å². The van der Waals surface area contributed by atoms with E-state index >= 15 is 0 Å².